The van der Waals surface area contributed by atoms with Crippen LogP contribution in [0.3, 0.4) is 0 Å². The molecule has 1 atom stereocenters. The predicted molar refractivity (Wildman–Crippen MR) is 73.2 cm³/mol. The first-order valence-electron chi connectivity index (χ1n) is 5.81. The first-order valence-corrected chi connectivity index (χ1v) is 7.36. The van der Waals surface area contributed by atoms with Gasteiger partial charge in [-0.15, -0.1) is 0 Å². The van der Waals surface area contributed by atoms with E-state index in [1.807, 2.05) is 0 Å². The van der Waals surface area contributed by atoms with Crippen molar-refractivity contribution in [2.45, 2.75) is 17.9 Å². The summed E-state index contributed by atoms with van der Waals surface area (Å²) in [5.41, 5.74) is 0.0994. The molecule has 0 radical (unpaired) electrons. The lowest BCUT2D eigenvalue weighted by molar-refractivity contribution is 0.0867. The summed E-state index contributed by atoms with van der Waals surface area (Å²) in [5, 5.41) is 7.66. The SMILES string of the molecule is COc1ccc(S(N)(=O)=O)cc1C(=O)NCC(C)OC. The van der Waals surface area contributed by atoms with E-state index in [1.165, 1.54) is 32.4 Å². The molecule has 1 unspecified atom stereocenters. The van der Waals surface area contributed by atoms with Gasteiger partial charge in [0, 0.05) is 13.7 Å². The number of methoxy groups -OCH3 is 2. The van der Waals surface area contributed by atoms with E-state index in [1.54, 1.807) is 6.92 Å². The van der Waals surface area contributed by atoms with Crippen molar-refractivity contribution in [3.8, 4) is 5.75 Å². The van der Waals surface area contributed by atoms with Crippen molar-refractivity contribution in [1.82, 2.24) is 5.32 Å². The fourth-order valence-corrected chi connectivity index (χ4v) is 2.00. The average Bonchev–Trinajstić information content (AvgIpc) is 2.42. The molecule has 0 fully saturated rings. The molecule has 1 aromatic carbocycles. The minimum Gasteiger partial charge on any atom is -0.496 e. The van der Waals surface area contributed by atoms with E-state index >= 15 is 0 Å². The standard InChI is InChI=1S/C12H18N2O5S/c1-8(18-2)7-14-12(15)10-6-9(20(13,16)17)4-5-11(10)19-3/h4-6,8H,7H2,1-3H3,(H,14,15)(H2,13,16,17). The zero-order valence-corrected chi connectivity index (χ0v) is 12.4. The molecule has 20 heavy (non-hydrogen) atoms. The third-order valence-electron chi connectivity index (χ3n) is 2.70. The van der Waals surface area contributed by atoms with Crippen molar-refractivity contribution in [2.24, 2.45) is 5.14 Å². The topological polar surface area (TPSA) is 108 Å². The molecule has 0 aliphatic heterocycles. The van der Waals surface area contributed by atoms with E-state index in [0.29, 0.717) is 0 Å². The molecule has 8 heteroatoms. The van der Waals surface area contributed by atoms with Gasteiger partial charge in [-0.1, -0.05) is 0 Å². The summed E-state index contributed by atoms with van der Waals surface area (Å²) in [6, 6.07) is 3.85. The van der Waals surface area contributed by atoms with Crippen molar-refractivity contribution >= 4 is 15.9 Å². The lowest BCUT2D eigenvalue weighted by atomic mass is 10.2. The van der Waals surface area contributed by atoms with Crippen LogP contribution >= 0.6 is 0 Å². The third-order valence-corrected chi connectivity index (χ3v) is 3.61. The molecule has 112 valence electrons. The van der Waals surface area contributed by atoms with E-state index in [2.05, 4.69) is 5.32 Å². The van der Waals surface area contributed by atoms with Gasteiger partial charge in [0.1, 0.15) is 5.75 Å². The van der Waals surface area contributed by atoms with Gasteiger partial charge in [-0.05, 0) is 25.1 Å². The van der Waals surface area contributed by atoms with E-state index in [9.17, 15) is 13.2 Å². The number of sulfonamides is 1. The molecule has 1 rings (SSSR count). The molecule has 3 N–H and O–H groups in total. The van der Waals surface area contributed by atoms with Crippen molar-refractivity contribution in [1.29, 1.82) is 0 Å². The molecule has 0 saturated heterocycles. The van der Waals surface area contributed by atoms with Crippen LogP contribution in [0, 0.1) is 0 Å². The first kappa shape index (κ1) is 16.4. The number of carbonyl (C=O) groups excluding carboxylic acids is 1. The second-order valence-electron chi connectivity index (χ2n) is 4.16. The highest BCUT2D eigenvalue weighted by atomic mass is 32.2. The number of hydrogen-bond acceptors (Lipinski definition) is 5. The highest BCUT2D eigenvalue weighted by Gasteiger charge is 2.17. The largest absolute Gasteiger partial charge is 0.496 e. The number of amides is 1. The van der Waals surface area contributed by atoms with Crippen LogP contribution in [0.2, 0.25) is 0 Å². The van der Waals surface area contributed by atoms with Crippen LogP contribution in [-0.2, 0) is 14.8 Å². The zero-order chi connectivity index (χ0) is 15.3. The molecule has 0 heterocycles. The second-order valence-corrected chi connectivity index (χ2v) is 5.72. The lowest BCUT2D eigenvalue weighted by Gasteiger charge is -2.13. The molecule has 0 bridgehead atoms. The number of benzene rings is 1. The summed E-state index contributed by atoms with van der Waals surface area (Å²) in [6.45, 7) is 2.08. The molecule has 7 nitrogen and oxygen atoms in total. The van der Waals surface area contributed by atoms with Crippen molar-refractivity contribution in [3.63, 3.8) is 0 Å². The van der Waals surface area contributed by atoms with E-state index in [0.717, 1.165) is 0 Å². The van der Waals surface area contributed by atoms with Gasteiger partial charge in [0.15, 0.2) is 0 Å². The number of nitrogens with two attached hydrogens (primary N) is 1. The maximum Gasteiger partial charge on any atom is 0.255 e. The maximum absolute atomic E-state index is 12.0. The van der Waals surface area contributed by atoms with E-state index in [4.69, 9.17) is 14.6 Å². The summed E-state index contributed by atoms with van der Waals surface area (Å²) < 4.78 is 32.7. The Morgan fingerprint density at radius 1 is 1.40 bits per heavy atom. The van der Waals surface area contributed by atoms with Crippen molar-refractivity contribution < 1.29 is 22.7 Å². The van der Waals surface area contributed by atoms with Crippen LogP contribution in [0.25, 0.3) is 0 Å². The molecule has 0 aliphatic carbocycles. The van der Waals surface area contributed by atoms with Gasteiger partial charge in [0.05, 0.1) is 23.7 Å². The lowest BCUT2D eigenvalue weighted by Crippen LogP contribution is -2.32. The van der Waals surface area contributed by atoms with Gasteiger partial charge in [-0.25, -0.2) is 13.6 Å². The quantitative estimate of drug-likeness (QED) is 0.775. The average molecular weight is 302 g/mol. The fraction of sp³-hybridized carbons (Fsp3) is 0.417. The zero-order valence-electron chi connectivity index (χ0n) is 11.5. The van der Waals surface area contributed by atoms with Gasteiger partial charge >= 0.3 is 0 Å². The third kappa shape index (κ3) is 4.19. The Labute approximate surface area is 118 Å². The number of hydrogen-bond donors (Lipinski definition) is 2. The summed E-state index contributed by atoms with van der Waals surface area (Å²) in [6.07, 6.45) is -0.161. The van der Waals surface area contributed by atoms with Gasteiger partial charge < -0.3 is 14.8 Å². The minimum atomic E-state index is -3.88. The fourth-order valence-electron chi connectivity index (χ4n) is 1.46. The van der Waals surface area contributed by atoms with Gasteiger partial charge in [0.2, 0.25) is 10.0 Å². The minimum absolute atomic E-state index is 0.0994. The highest BCUT2D eigenvalue weighted by molar-refractivity contribution is 7.89. The first-order chi connectivity index (χ1) is 9.29. The summed E-state index contributed by atoms with van der Waals surface area (Å²) in [4.78, 5) is 11.9. The van der Waals surface area contributed by atoms with Crippen LogP contribution in [-0.4, -0.2) is 41.2 Å². The normalized spacial score (nSPS) is 12.8. The number of rotatable bonds is 6. The maximum atomic E-state index is 12.0. The Morgan fingerprint density at radius 2 is 2.05 bits per heavy atom. The summed E-state index contributed by atoms with van der Waals surface area (Å²) in [7, 11) is -0.964. The summed E-state index contributed by atoms with van der Waals surface area (Å²) in [5.74, 6) is -0.198. The van der Waals surface area contributed by atoms with Crippen LogP contribution < -0.4 is 15.2 Å². The molecule has 1 aromatic rings. The van der Waals surface area contributed by atoms with Gasteiger partial charge in [-0.3, -0.25) is 4.79 Å². The molecule has 0 spiro atoms. The Balaban J connectivity index is 3.05. The predicted octanol–water partition coefficient (Wildman–Crippen LogP) is 0.107. The summed E-state index contributed by atoms with van der Waals surface area (Å²) >= 11 is 0. The Bertz CT molecular complexity index is 586. The molecular formula is C12H18N2O5S. The van der Waals surface area contributed by atoms with Crippen LogP contribution in [0.15, 0.2) is 23.1 Å². The van der Waals surface area contributed by atoms with Crippen molar-refractivity contribution in [3.05, 3.63) is 23.8 Å². The number of carbonyl (C=O) groups is 1. The molecule has 0 saturated carbocycles. The molecule has 0 aromatic heterocycles. The van der Waals surface area contributed by atoms with Crippen LogP contribution in [0.4, 0.5) is 0 Å². The Hall–Kier alpha value is -1.64. The molecular weight excluding hydrogens is 284 g/mol. The number of nitrogens with one attached hydrogen (secondary N) is 1. The monoisotopic (exact) mass is 302 g/mol. The van der Waals surface area contributed by atoms with E-state index in [-0.39, 0.29) is 28.9 Å². The number of primary sulfonamides is 1. The Kier molecular flexibility index (Phi) is 5.49. The molecule has 0 aliphatic rings. The van der Waals surface area contributed by atoms with Crippen LogP contribution in [0.1, 0.15) is 17.3 Å². The highest BCUT2D eigenvalue weighted by Crippen LogP contribution is 2.21. The van der Waals surface area contributed by atoms with Crippen molar-refractivity contribution in [2.75, 3.05) is 20.8 Å². The number of ether oxygens (including phenoxy) is 2. The van der Waals surface area contributed by atoms with E-state index < -0.39 is 15.9 Å². The Morgan fingerprint density at radius 3 is 2.55 bits per heavy atom. The van der Waals surface area contributed by atoms with Gasteiger partial charge in [-0.2, -0.15) is 0 Å². The second kappa shape index (κ2) is 6.69. The smallest absolute Gasteiger partial charge is 0.255 e. The van der Waals surface area contributed by atoms with Crippen LogP contribution in [0.5, 0.6) is 5.75 Å². The van der Waals surface area contributed by atoms with Gasteiger partial charge in [0.25, 0.3) is 5.91 Å². The molecule has 1 amide bonds.